The van der Waals surface area contributed by atoms with Crippen LogP contribution in [0.5, 0.6) is 0 Å². The van der Waals surface area contributed by atoms with Crippen molar-refractivity contribution in [3.63, 3.8) is 0 Å². The van der Waals surface area contributed by atoms with Crippen molar-refractivity contribution in [3.05, 3.63) is 206 Å². The van der Waals surface area contributed by atoms with Crippen molar-refractivity contribution in [3.8, 4) is 62.5 Å². The zero-order chi connectivity index (χ0) is 38.6. The number of nitrogens with zero attached hydrogens (tertiary/aromatic N) is 5. The van der Waals surface area contributed by atoms with Crippen molar-refractivity contribution in [1.29, 1.82) is 5.26 Å². The molecule has 270 valence electrons. The van der Waals surface area contributed by atoms with Gasteiger partial charge in [-0.3, -0.25) is 4.57 Å². The first kappa shape index (κ1) is 33.3. The molecule has 3 heterocycles. The van der Waals surface area contributed by atoms with Gasteiger partial charge in [-0.05, 0) is 82.9 Å². The summed E-state index contributed by atoms with van der Waals surface area (Å²) in [5.41, 5.74) is 14.4. The second-order valence-electron chi connectivity index (χ2n) is 14.6. The van der Waals surface area contributed by atoms with Gasteiger partial charge in [-0.2, -0.15) is 5.26 Å². The van der Waals surface area contributed by atoms with E-state index in [2.05, 4.69) is 173 Å². The summed E-state index contributed by atoms with van der Waals surface area (Å²) in [5.74, 6) is 0.611. The molecule has 5 heteroatoms. The van der Waals surface area contributed by atoms with Gasteiger partial charge < -0.3 is 4.57 Å². The summed E-state index contributed by atoms with van der Waals surface area (Å²) in [4.78, 5) is 10.5. The Morgan fingerprint density at radius 3 is 1.52 bits per heavy atom. The Kier molecular flexibility index (Phi) is 7.80. The van der Waals surface area contributed by atoms with Crippen LogP contribution in [-0.4, -0.2) is 19.1 Å². The summed E-state index contributed by atoms with van der Waals surface area (Å²) in [6.07, 6.45) is 0. The lowest BCUT2D eigenvalue weighted by molar-refractivity contribution is 0.995. The molecule has 11 rings (SSSR count). The fourth-order valence-corrected chi connectivity index (χ4v) is 8.38. The maximum Gasteiger partial charge on any atom is 0.235 e. The predicted octanol–water partition coefficient (Wildman–Crippen LogP) is 13.2. The molecule has 0 saturated heterocycles. The minimum Gasteiger partial charge on any atom is -0.309 e. The lowest BCUT2D eigenvalue weighted by atomic mass is 10.0. The molecule has 0 aliphatic heterocycles. The third-order valence-electron chi connectivity index (χ3n) is 11.2. The molecule has 0 unspecified atom stereocenters. The molecule has 8 aromatic carbocycles. The fourth-order valence-electron chi connectivity index (χ4n) is 8.38. The Morgan fingerprint density at radius 2 is 0.828 bits per heavy atom. The number of benzene rings is 8. The summed E-state index contributed by atoms with van der Waals surface area (Å²) in [6.45, 7) is 0. The summed E-state index contributed by atoms with van der Waals surface area (Å²) >= 11 is 0. The van der Waals surface area contributed by atoms with E-state index in [0.29, 0.717) is 11.5 Å². The van der Waals surface area contributed by atoms with Crippen LogP contribution in [0.4, 0.5) is 0 Å². The first-order valence-corrected chi connectivity index (χ1v) is 19.4. The molecular weight excluding hydrogens is 707 g/mol. The molecule has 11 aromatic rings. The number of aromatic nitrogens is 4. The van der Waals surface area contributed by atoms with E-state index in [1.54, 1.807) is 0 Å². The molecule has 5 nitrogen and oxygen atoms in total. The van der Waals surface area contributed by atoms with Crippen LogP contribution in [-0.2, 0) is 0 Å². The van der Waals surface area contributed by atoms with Gasteiger partial charge in [-0.1, -0.05) is 140 Å². The van der Waals surface area contributed by atoms with Gasteiger partial charge in [0.15, 0.2) is 0 Å². The molecule has 0 atom stereocenters. The van der Waals surface area contributed by atoms with E-state index in [0.717, 1.165) is 72.3 Å². The molecule has 0 amide bonds. The SMILES string of the molecule is N#Cc1ccc(-c2ccc(-c3cc(-c4ccccc4)nc(-n4c5ccccc5c5cc(-c6ccc7c8ccccc8n(-c8ccccc8)c7c6)ccc54)n3)cc2)cc1. The maximum absolute atomic E-state index is 9.26. The topological polar surface area (TPSA) is 59.4 Å². The lowest BCUT2D eigenvalue weighted by Crippen LogP contribution is -2.04. The number of hydrogen-bond acceptors (Lipinski definition) is 3. The summed E-state index contributed by atoms with van der Waals surface area (Å²) in [5, 5.41) is 14.0. The summed E-state index contributed by atoms with van der Waals surface area (Å²) in [6, 6.07) is 72.1. The highest BCUT2D eigenvalue weighted by molar-refractivity contribution is 6.12. The average Bonchev–Trinajstić information content (AvgIpc) is 3.82. The second-order valence-corrected chi connectivity index (χ2v) is 14.6. The van der Waals surface area contributed by atoms with Gasteiger partial charge in [0, 0.05) is 38.4 Å². The number of fused-ring (bicyclic) bond motifs is 6. The van der Waals surface area contributed by atoms with Crippen LogP contribution < -0.4 is 0 Å². The molecule has 0 spiro atoms. The Balaban J connectivity index is 1.07. The van der Waals surface area contributed by atoms with Crippen molar-refractivity contribution in [2.75, 3.05) is 0 Å². The van der Waals surface area contributed by atoms with Gasteiger partial charge in [0.05, 0.1) is 45.1 Å². The third-order valence-corrected chi connectivity index (χ3v) is 11.2. The molecule has 0 bridgehead atoms. The van der Waals surface area contributed by atoms with E-state index >= 15 is 0 Å². The molecule has 3 aromatic heterocycles. The molecule has 0 radical (unpaired) electrons. The molecule has 0 aliphatic rings. The van der Waals surface area contributed by atoms with Crippen LogP contribution in [0, 0.1) is 11.3 Å². The second kappa shape index (κ2) is 13.6. The quantitative estimate of drug-likeness (QED) is 0.171. The molecule has 0 saturated carbocycles. The van der Waals surface area contributed by atoms with E-state index in [-0.39, 0.29) is 0 Å². The van der Waals surface area contributed by atoms with Crippen LogP contribution in [0.2, 0.25) is 0 Å². The number of nitriles is 1. The molecule has 58 heavy (non-hydrogen) atoms. The number of hydrogen-bond donors (Lipinski definition) is 0. The van der Waals surface area contributed by atoms with Crippen LogP contribution in [0.1, 0.15) is 5.56 Å². The highest BCUT2D eigenvalue weighted by Crippen LogP contribution is 2.38. The number of para-hydroxylation sites is 3. The van der Waals surface area contributed by atoms with Gasteiger partial charge >= 0.3 is 0 Å². The average molecular weight is 740 g/mol. The van der Waals surface area contributed by atoms with E-state index in [1.165, 1.54) is 21.8 Å². The van der Waals surface area contributed by atoms with Gasteiger partial charge in [0.25, 0.3) is 0 Å². The van der Waals surface area contributed by atoms with Gasteiger partial charge in [-0.25, -0.2) is 9.97 Å². The Labute approximate surface area is 335 Å². The standard InChI is InChI=1S/C53H33N5/c54-34-35-19-21-36(22-20-35)37-23-25-39(26-24-37)48-33-47(38-11-3-1-4-12-38)55-53(56-48)58-50-18-10-8-16-44(50)46-31-40(28-30-51(46)58)41-27-29-45-43-15-7-9-17-49(43)57(52(45)32-41)42-13-5-2-6-14-42/h1-33H. The van der Waals surface area contributed by atoms with Crippen molar-refractivity contribution in [1.82, 2.24) is 19.1 Å². The Hall–Kier alpha value is -8.07. The minimum atomic E-state index is 0.611. The lowest BCUT2D eigenvalue weighted by Gasteiger charge is -2.12. The van der Waals surface area contributed by atoms with Gasteiger partial charge in [0.1, 0.15) is 0 Å². The van der Waals surface area contributed by atoms with E-state index in [9.17, 15) is 5.26 Å². The maximum atomic E-state index is 9.26. The van der Waals surface area contributed by atoms with E-state index in [4.69, 9.17) is 9.97 Å². The van der Waals surface area contributed by atoms with E-state index < -0.39 is 0 Å². The zero-order valence-corrected chi connectivity index (χ0v) is 31.3. The first-order valence-electron chi connectivity index (χ1n) is 19.4. The van der Waals surface area contributed by atoms with Gasteiger partial charge in [-0.15, -0.1) is 0 Å². The summed E-state index contributed by atoms with van der Waals surface area (Å²) < 4.78 is 4.57. The third kappa shape index (κ3) is 5.55. The van der Waals surface area contributed by atoms with Crippen molar-refractivity contribution >= 4 is 43.6 Å². The van der Waals surface area contributed by atoms with Crippen molar-refractivity contribution in [2.45, 2.75) is 0 Å². The Bertz CT molecular complexity index is 3370. The molecule has 0 N–H and O–H groups in total. The monoisotopic (exact) mass is 739 g/mol. The molecule has 0 aliphatic carbocycles. The largest absolute Gasteiger partial charge is 0.309 e. The van der Waals surface area contributed by atoms with Crippen LogP contribution >= 0.6 is 0 Å². The van der Waals surface area contributed by atoms with Crippen molar-refractivity contribution < 1.29 is 0 Å². The smallest absolute Gasteiger partial charge is 0.235 e. The highest BCUT2D eigenvalue weighted by Gasteiger charge is 2.19. The number of rotatable bonds is 6. The molecule has 0 fully saturated rings. The predicted molar refractivity (Wildman–Crippen MR) is 237 cm³/mol. The summed E-state index contributed by atoms with van der Waals surface area (Å²) in [7, 11) is 0. The van der Waals surface area contributed by atoms with Crippen LogP contribution in [0.25, 0.3) is 100 Å². The fraction of sp³-hybridized carbons (Fsp3) is 0. The van der Waals surface area contributed by atoms with Crippen LogP contribution in [0.3, 0.4) is 0 Å². The minimum absolute atomic E-state index is 0.611. The molecular formula is C53H33N5. The van der Waals surface area contributed by atoms with Crippen molar-refractivity contribution in [2.24, 2.45) is 0 Å². The van der Waals surface area contributed by atoms with Gasteiger partial charge in [0.2, 0.25) is 5.95 Å². The normalized spacial score (nSPS) is 11.4. The highest BCUT2D eigenvalue weighted by atomic mass is 15.2. The van der Waals surface area contributed by atoms with E-state index in [1.807, 2.05) is 42.5 Å². The first-order chi connectivity index (χ1) is 28.7. The Morgan fingerprint density at radius 1 is 0.345 bits per heavy atom. The zero-order valence-electron chi connectivity index (χ0n) is 31.3. The van der Waals surface area contributed by atoms with Crippen LogP contribution in [0.15, 0.2) is 200 Å².